The molecule has 5 nitrogen and oxygen atoms in total. The van der Waals surface area contributed by atoms with E-state index in [1.54, 1.807) is 6.21 Å². The van der Waals surface area contributed by atoms with Crippen LogP contribution < -0.4 is 5.43 Å². The van der Waals surface area contributed by atoms with Crippen LogP contribution in [0.5, 0.6) is 11.5 Å². The van der Waals surface area contributed by atoms with E-state index in [1.807, 2.05) is 13.8 Å². The van der Waals surface area contributed by atoms with Gasteiger partial charge in [-0.05, 0) is 30.5 Å². The molecule has 17 heavy (non-hydrogen) atoms. The number of hydrazone groups is 1. The number of rotatable bonds is 4. The van der Waals surface area contributed by atoms with E-state index in [4.69, 9.17) is 0 Å². The number of nitrogens with one attached hydrogen (secondary N) is 1. The van der Waals surface area contributed by atoms with Gasteiger partial charge in [0, 0.05) is 6.21 Å². The SMILES string of the molecule is CC(C)C/C=N\NC(=O)c1cc(O)ccc1O. The number of hydrogen-bond acceptors (Lipinski definition) is 4. The summed E-state index contributed by atoms with van der Waals surface area (Å²) in [6.07, 6.45) is 2.36. The third-order valence-electron chi connectivity index (χ3n) is 2.06. The van der Waals surface area contributed by atoms with Gasteiger partial charge < -0.3 is 10.2 Å². The maximum atomic E-state index is 11.6. The van der Waals surface area contributed by atoms with Gasteiger partial charge in [0.25, 0.3) is 5.91 Å². The molecule has 0 saturated heterocycles. The molecule has 5 heteroatoms. The van der Waals surface area contributed by atoms with Gasteiger partial charge >= 0.3 is 0 Å². The molecule has 0 atom stereocenters. The largest absolute Gasteiger partial charge is 0.508 e. The zero-order chi connectivity index (χ0) is 12.8. The van der Waals surface area contributed by atoms with E-state index in [0.29, 0.717) is 5.92 Å². The average Bonchev–Trinajstić information content (AvgIpc) is 2.27. The Balaban J connectivity index is 2.64. The second kappa shape index (κ2) is 5.89. The van der Waals surface area contributed by atoms with E-state index in [0.717, 1.165) is 6.42 Å². The predicted molar refractivity (Wildman–Crippen MR) is 65.2 cm³/mol. The fourth-order valence-electron chi connectivity index (χ4n) is 1.13. The molecule has 0 aliphatic heterocycles. The zero-order valence-corrected chi connectivity index (χ0v) is 9.84. The lowest BCUT2D eigenvalue weighted by Gasteiger charge is -2.03. The lowest BCUT2D eigenvalue weighted by atomic mass is 10.1. The molecule has 92 valence electrons. The number of benzene rings is 1. The van der Waals surface area contributed by atoms with Crippen molar-refractivity contribution in [1.82, 2.24) is 5.43 Å². The Morgan fingerprint density at radius 3 is 2.82 bits per heavy atom. The quantitative estimate of drug-likeness (QED) is 0.424. The highest BCUT2D eigenvalue weighted by Gasteiger charge is 2.10. The van der Waals surface area contributed by atoms with E-state index in [2.05, 4.69) is 10.5 Å². The highest BCUT2D eigenvalue weighted by atomic mass is 16.3. The highest BCUT2D eigenvalue weighted by molar-refractivity contribution is 5.97. The van der Waals surface area contributed by atoms with Crippen LogP contribution in [0.1, 0.15) is 30.6 Å². The number of phenolic OH excluding ortho intramolecular Hbond substituents is 2. The minimum absolute atomic E-state index is 0.00769. The van der Waals surface area contributed by atoms with Crippen molar-refractivity contribution in [3.63, 3.8) is 0 Å². The third-order valence-corrected chi connectivity index (χ3v) is 2.06. The predicted octanol–water partition coefficient (Wildman–Crippen LogP) is 1.86. The summed E-state index contributed by atoms with van der Waals surface area (Å²) >= 11 is 0. The molecular formula is C12H16N2O3. The van der Waals surface area contributed by atoms with Crippen molar-refractivity contribution < 1.29 is 15.0 Å². The first kappa shape index (κ1) is 13.0. The molecule has 1 aromatic rings. The molecule has 0 fully saturated rings. The van der Waals surface area contributed by atoms with E-state index in [1.165, 1.54) is 18.2 Å². The molecule has 0 saturated carbocycles. The fraction of sp³-hybridized carbons (Fsp3) is 0.333. The first-order valence-electron chi connectivity index (χ1n) is 5.34. The fourth-order valence-corrected chi connectivity index (χ4v) is 1.13. The van der Waals surface area contributed by atoms with Crippen molar-refractivity contribution in [2.75, 3.05) is 0 Å². The lowest BCUT2D eigenvalue weighted by Crippen LogP contribution is -2.17. The number of nitrogens with zero attached hydrogens (tertiary/aromatic N) is 1. The summed E-state index contributed by atoms with van der Waals surface area (Å²) in [5, 5.41) is 22.4. The minimum atomic E-state index is -0.557. The summed E-state index contributed by atoms with van der Waals surface area (Å²) in [4.78, 5) is 11.6. The molecule has 1 rings (SSSR count). The van der Waals surface area contributed by atoms with Gasteiger partial charge in [0.15, 0.2) is 0 Å². The second-order valence-corrected chi connectivity index (χ2v) is 4.08. The Kier molecular flexibility index (Phi) is 4.51. The topological polar surface area (TPSA) is 81.9 Å². The van der Waals surface area contributed by atoms with Gasteiger partial charge in [-0.2, -0.15) is 5.10 Å². The van der Waals surface area contributed by atoms with Gasteiger partial charge in [0.05, 0.1) is 5.56 Å². The van der Waals surface area contributed by atoms with E-state index >= 15 is 0 Å². The molecule has 0 heterocycles. The van der Waals surface area contributed by atoms with Crippen LogP contribution in [-0.4, -0.2) is 22.3 Å². The van der Waals surface area contributed by atoms with Crippen molar-refractivity contribution in [2.45, 2.75) is 20.3 Å². The second-order valence-electron chi connectivity index (χ2n) is 4.08. The van der Waals surface area contributed by atoms with Crippen LogP contribution >= 0.6 is 0 Å². The van der Waals surface area contributed by atoms with Gasteiger partial charge in [-0.1, -0.05) is 13.8 Å². The Bertz CT molecular complexity index is 428. The molecule has 1 amide bonds. The molecule has 0 aliphatic rings. The van der Waals surface area contributed by atoms with Crippen molar-refractivity contribution in [2.24, 2.45) is 11.0 Å². The molecule has 1 aromatic carbocycles. The summed E-state index contributed by atoms with van der Waals surface area (Å²) < 4.78 is 0. The standard InChI is InChI=1S/C12H16N2O3/c1-8(2)5-6-13-14-12(17)10-7-9(15)3-4-11(10)16/h3-4,6-8,15-16H,5H2,1-2H3,(H,14,17)/b13-6-. The minimum Gasteiger partial charge on any atom is -0.508 e. The number of aromatic hydroxyl groups is 2. The first-order chi connectivity index (χ1) is 8.00. The number of carbonyl (C=O) groups excluding carboxylic acids is 1. The van der Waals surface area contributed by atoms with Crippen LogP contribution in [0.4, 0.5) is 0 Å². The van der Waals surface area contributed by atoms with Gasteiger partial charge in [0.2, 0.25) is 0 Å². The van der Waals surface area contributed by atoms with Crippen molar-refractivity contribution in [3.8, 4) is 11.5 Å². The number of amides is 1. The van der Waals surface area contributed by atoms with Crippen LogP contribution in [0, 0.1) is 5.92 Å². The summed E-state index contributed by atoms with van der Waals surface area (Å²) in [6.45, 7) is 4.07. The van der Waals surface area contributed by atoms with Gasteiger partial charge in [0.1, 0.15) is 11.5 Å². The van der Waals surface area contributed by atoms with Crippen LogP contribution in [-0.2, 0) is 0 Å². The monoisotopic (exact) mass is 236 g/mol. The normalized spacial score (nSPS) is 11.0. The van der Waals surface area contributed by atoms with Gasteiger partial charge in [-0.25, -0.2) is 5.43 Å². The highest BCUT2D eigenvalue weighted by Crippen LogP contribution is 2.21. The van der Waals surface area contributed by atoms with Crippen molar-refractivity contribution >= 4 is 12.1 Å². The van der Waals surface area contributed by atoms with E-state index < -0.39 is 5.91 Å². The lowest BCUT2D eigenvalue weighted by molar-refractivity contribution is 0.0952. The van der Waals surface area contributed by atoms with Crippen LogP contribution in [0.2, 0.25) is 0 Å². The Labute approximate surface area is 99.8 Å². The van der Waals surface area contributed by atoms with Crippen LogP contribution in [0.15, 0.2) is 23.3 Å². The van der Waals surface area contributed by atoms with Crippen molar-refractivity contribution in [1.29, 1.82) is 0 Å². The molecular weight excluding hydrogens is 220 g/mol. The van der Waals surface area contributed by atoms with Crippen molar-refractivity contribution in [3.05, 3.63) is 23.8 Å². The summed E-state index contributed by atoms with van der Waals surface area (Å²) in [5.74, 6) is -0.373. The van der Waals surface area contributed by atoms with Gasteiger partial charge in [-0.15, -0.1) is 0 Å². The van der Waals surface area contributed by atoms with Crippen LogP contribution in [0.25, 0.3) is 0 Å². The number of hydrogen-bond donors (Lipinski definition) is 3. The number of carbonyl (C=O) groups is 1. The number of phenols is 2. The maximum Gasteiger partial charge on any atom is 0.275 e. The molecule has 0 aromatic heterocycles. The maximum absolute atomic E-state index is 11.6. The molecule has 3 N–H and O–H groups in total. The Morgan fingerprint density at radius 1 is 1.47 bits per heavy atom. The molecule has 0 unspecified atom stereocenters. The summed E-state index contributed by atoms with van der Waals surface area (Å²) in [7, 11) is 0. The van der Waals surface area contributed by atoms with Gasteiger partial charge in [-0.3, -0.25) is 4.79 Å². The summed E-state index contributed by atoms with van der Waals surface area (Å²) in [6, 6.07) is 3.73. The van der Waals surface area contributed by atoms with Crippen LogP contribution in [0.3, 0.4) is 0 Å². The Hall–Kier alpha value is -2.04. The summed E-state index contributed by atoms with van der Waals surface area (Å²) in [5.41, 5.74) is 2.27. The van der Waals surface area contributed by atoms with E-state index in [-0.39, 0.29) is 17.1 Å². The molecule has 0 aliphatic carbocycles. The van der Waals surface area contributed by atoms with E-state index in [9.17, 15) is 15.0 Å². The molecule has 0 radical (unpaired) electrons. The first-order valence-corrected chi connectivity index (χ1v) is 5.34. The smallest absolute Gasteiger partial charge is 0.275 e. The third kappa shape index (κ3) is 4.14. The average molecular weight is 236 g/mol. The molecule has 0 bridgehead atoms. The zero-order valence-electron chi connectivity index (χ0n) is 9.84. The Morgan fingerprint density at radius 2 is 2.18 bits per heavy atom. The molecule has 0 spiro atoms.